The molecule has 0 radical (unpaired) electrons. The Labute approximate surface area is 406 Å². The molecule has 0 amide bonds. The van der Waals surface area contributed by atoms with E-state index < -0.39 is 17.5 Å². The first-order valence-corrected chi connectivity index (χ1v) is 23.2. The standard InChI is InChI=1S/C62H64BN3/c1-59(2,3)42-25-31-47(32-26-42)65-54-35-29-44(61(7,8)9)37-51(54)63-52-38-45(62(10,11)12)30-36-55(52)66(48-33-27-43(28-34-48)60(4,5)6)57-40-49(39-56(65)58(57)63)64(46-21-14-13-15-22-46)53-24-18-20-41-19-16-17-23-50(41)53/h13-40H,1-12H3/i25D,26D,27D,28D,31D,32D,33D,34D. The molecule has 3 nitrogen and oxygen atoms in total. The van der Waals surface area contributed by atoms with Crippen LogP contribution >= 0.6 is 0 Å². The highest BCUT2D eigenvalue weighted by Crippen LogP contribution is 2.50. The van der Waals surface area contributed by atoms with Gasteiger partial charge >= 0.3 is 0 Å². The molecule has 0 atom stereocenters. The summed E-state index contributed by atoms with van der Waals surface area (Å²) in [6.07, 6.45) is 0. The molecule has 0 aromatic heterocycles. The zero-order chi connectivity index (χ0) is 53.5. The summed E-state index contributed by atoms with van der Waals surface area (Å²) in [5.41, 5.74) is 8.61. The molecule has 8 aromatic carbocycles. The van der Waals surface area contributed by atoms with Crippen LogP contribution in [0.3, 0.4) is 0 Å². The van der Waals surface area contributed by atoms with Crippen molar-refractivity contribution < 1.29 is 11.0 Å². The molecule has 0 saturated carbocycles. The molecule has 330 valence electrons. The van der Waals surface area contributed by atoms with E-state index in [2.05, 4.69) is 131 Å². The van der Waals surface area contributed by atoms with Crippen molar-refractivity contribution in [2.24, 2.45) is 0 Å². The maximum Gasteiger partial charge on any atom is 0.252 e. The lowest BCUT2D eigenvalue weighted by molar-refractivity contribution is 0.590. The van der Waals surface area contributed by atoms with Gasteiger partial charge in [0.05, 0.1) is 22.3 Å². The van der Waals surface area contributed by atoms with Crippen molar-refractivity contribution in [3.05, 3.63) is 192 Å². The fraction of sp³-hybridized carbons (Fsp3) is 0.258. The molecule has 0 saturated heterocycles. The van der Waals surface area contributed by atoms with E-state index in [-0.39, 0.29) is 70.5 Å². The van der Waals surface area contributed by atoms with E-state index in [9.17, 15) is 11.0 Å². The first kappa shape index (κ1) is 34.8. The van der Waals surface area contributed by atoms with E-state index in [4.69, 9.17) is 0 Å². The topological polar surface area (TPSA) is 9.72 Å². The van der Waals surface area contributed by atoms with Gasteiger partial charge in [-0.05, 0) is 132 Å². The van der Waals surface area contributed by atoms with E-state index in [1.807, 2.05) is 87.7 Å². The van der Waals surface area contributed by atoms with Crippen molar-refractivity contribution >= 4 is 85.1 Å². The third kappa shape index (κ3) is 7.49. The summed E-state index contributed by atoms with van der Waals surface area (Å²) in [7, 11) is 0. The van der Waals surface area contributed by atoms with Gasteiger partial charge in [-0.3, -0.25) is 0 Å². The molecule has 2 aliphatic heterocycles. The second kappa shape index (κ2) is 15.5. The number of hydrogen-bond donors (Lipinski definition) is 0. The zero-order valence-corrected chi connectivity index (χ0v) is 40.5. The van der Waals surface area contributed by atoms with Crippen molar-refractivity contribution in [1.82, 2.24) is 0 Å². The highest BCUT2D eigenvalue weighted by atomic mass is 15.2. The summed E-state index contributed by atoms with van der Waals surface area (Å²) in [5.74, 6) is 0. The second-order valence-electron chi connectivity index (χ2n) is 22.2. The number of fused-ring (bicyclic) bond motifs is 5. The lowest BCUT2D eigenvalue weighted by Gasteiger charge is -2.45. The summed E-state index contributed by atoms with van der Waals surface area (Å²) in [4.78, 5) is 6.04. The Balaban J connectivity index is 1.45. The first-order valence-electron chi connectivity index (χ1n) is 27.2. The van der Waals surface area contributed by atoms with Crippen LogP contribution in [-0.4, -0.2) is 6.71 Å². The summed E-state index contributed by atoms with van der Waals surface area (Å²) < 4.78 is 78.5. The molecule has 8 aromatic rings. The number of anilines is 9. The van der Waals surface area contributed by atoms with Gasteiger partial charge in [-0.25, -0.2) is 0 Å². The lowest BCUT2D eigenvalue weighted by atomic mass is 9.33. The summed E-state index contributed by atoms with van der Waals surface area (Å²) in [6, 6.07) is 40.4. The van der Waals surface area contributed by atoms with Gasteiger partial charge in [0.15, 0.2) is 0 Å². The average Bonchev–Trinajstić information content (AvgIpc) is 3.33. The van der Waals surface area contributed by atoms with Gasteiger partial charge in [0, 0.05) is 45.2 Å². The molecule has 2 aliphatic rings. The molecule has 10 rings (SSSR count). The monoisotopic (exact) mass is 870 g/mol. The molecule has 66 heavy (non-hydrogen) atoms. The lowest BCUT2D eigenvalue weighted by Crippen LogP contribution is -2.61. The van der Waals surface area contributed by atoms with Crippen LogP contribution in [0.5, 0.6) is 0 Å². The van der Waals surface area contributed by atoms with Crippen molar-refractivity contribution in [2.75, 3.05) is 14.7 Å². The van der Waals surface area contributed by atoms with Crippen LogP contribution in [0.2, 0.25) is 0 Å². The summed E-state index contributed by atoms with van der Waals surface area (Å²) >= 11 is 0. The highest BCUT2D eigenvalue weighted by Gasteiger charge is 2.45. The number of para-hydroxylation sites is 1. The number of rotatable bonds is 5. The van der Waals surface area contributed by atoms with Crippen LogP contribution in [0, 0.1) is 0 Å². The molecular weight excluding hydrogens is 798 g/mol. The quantitative estimate of drug-likeness (QED) is 0.160. The Kier molecular flexibility index (Phi) is 8.19. The van der Waals surface area contributed by atoms with Crippen molar-refractivity contribution in [1.29, 1.82) is 0 Å². The highest BCUT2D eigenvalue weighted by molar-refractivity contribution is 7.00. The molecule has 0 aliphatic carbocycles. The summed E-state index contributed by atoms with van der Waals surface area (Å²) in [6.45, 7) is 24.1. The molecular formula is C62H64BN3. The Morgan fingerprint density at radius 2 is 0.848 bits per heavy atom. The van der Waals surface area contributed by atoms with Gasteiger partial charge in [0.1, 0.15) is 0 Å². The first-order chi connectivity index (χ1) is 34.6. The largest absolute Gasteiger partial charge is 0.311 e. The van der Waals surface area contributed by atoms with E-state index in [1.165, 1.54) is 0 Å². The second-order valence-corrected chi connectivity index (χ2v) is 22.2. The molecule has 0 bridgehead atoms. The Morgan fingerprint density at radius 3 is 1.32 bits per heavy atom. The third-order valence-corrected chi connectivity index (χ3v) is 13.2. The number of benzene rings is 8. The molecule has 0 fully saturated rings. The minimum Gasteiger partial charge on any atom is -0.311 e. The Morgan fingerprint density at radius 1 is 0.409 bits per heavy atom. The van der Waals surface area contributed by atoms with Crippen LogP contribution in [0.1, 0.15) is 116 Å². The Hall–Kier alpha value is -6.52. The van der Waals surface area contributed by atoms with Gasteiger partial charge in [-0.1, -0.05) is 186 Å². The van der Waals surface area contributed by atoms with Crippen molar-refractivity contribution in [3.63, 3.8) is 0 Å². The normalized spacial score (nSPS) is 15.4. The third-order valence-electron chi connectivity index (χ3n) is 13.2. The van der Waals surface area contributed by atoms with Crippen LogP contribution in [0.4, 0.5) is 51.2 Å². The van der Waals surface area contributed by atoms with Gasteiger partial charge in [-0.2, -0.15) is 0 Å². The van der Waals surface area contributed by atoms with E-state index in [0.717, 1.165) is 49.7 Å². The minimum absolute atomic E-state index is 0.103. The zero-order valence-electron chi connectivity index (χ0n) is 48.5. The minimum atomic E-state index is -0.703. The fourth-order valence-electron chi connectivity index (χ4n) is 9.53. The predicted octanol–water partition coefficient (Wildman–Crippen LogP) is 15.6. The smallest absolute Gasteiger partial charge is 0.252 e. The fourth-order valence-corrected chi connectivity index (χ4v) is 9.53. The van der Waals surface area contributed by atoms with Crippen LogP contribution in [0.15, 0.2) is 170 Å². The van der Waals surface area contributed by atoms with Crippen LogP contribution in [0.25, 0.3) is 10.8 Å². The Bertz CT molecular complexity index is 3380. The number of nitrogens with zero attached hydrogens (tertiary/aromatic N) is 3. The molecule has 0 unspecified atom stereocenters. The van der Waals surface area contributed by atoms with Crippen LogP contribution in [-0.2, 0) is 21.7 Å². The van der Waals surface area contributed by atoms with Crippen molar-refractivity contribution in [3.8, 4) is 0 Å². The van der Waals surface area contributed by atoms with E-state index in [0.29, 0.717) is 39.6 Å². The van der Waals surface area contributed by atoms with Crippen LogP contribution < -0.4 is 31.1 Å². The van der Waals surface area contributed by atoms with Gasteiger partial charge in [0.25, 0.3) is 6.71 Å². The molecule has 4 heteroatoms. The van der Waals surface area contributed by atoms with Gasteiger partial charge in [-0.15, -0.1) is 0 Å². The number of hydrogen-bond acceptors (Lipinski definition) is 3. The maximum absolute atomic E-state index is 9.99. The summed E-state index contributed by atoms with van der Waals surface area (Å²) in [5, 5.41) is 2.03. The van der Waals surface area contributed by atoms with Gasteiger partial charge in [0.2, 0.25) is 0 Å². The van der Waals surface area contributed by atoms with Gasteiger partial charge < -0.3 is 14.7 Å². The van der Waals surface area contributed by atoms with E-state index >= 15 is 0 Å². The van der Waals surface area contributed by atoms with E-state index in [1.54, 1.807) is 0 Å². The SMILES string of the molecule is [2H]c1c([2H])c(C(C)(C)C)c([2H])c([2H])c1N1c2ccc(C(C)(C)C)cc2B2c3cc(C(C)(C)C)ccc3N(c3c([2H])c([2H])c(C(C)(C)C)c([2H])c3[2H])c3cc(N(c4ccccc4)c4cccc5ccccc45)cc1c32. The maximum atomic E-state index is 9.99. The molecule has 0 spiro atoms. The predicted molar refractivity (Wildman–Crippen MR) is 287 cm³/mol. The molecule has 0 N–H and O–H groups in total. The molecule has 2 heterocycles. The van der Waals surface area contributed by atoms with Crippen molar-refractivity contribution in [2.45, 2.75) is 105 Å². The average molecular weight is 870 g/mol.